The highest BCUT2D eigenvalue weighted by Crippen LogP contribution is 2.18. The summed E-state index contributed by atoms with van der Waals surface area (Å²) >= 11 is 0. The second-order valence-electron chi connectivity index (χ2n) is 6.09. The minimum absolute atomic E-state index is 0.106. The third kappa shape index (κ3) is 4.47. The Balaban J connectivity index is 2.00. The van der Waals surface area contributed by atoms with Crippen LogP contribution in [0.4, 0.5) is 0 Å². The van der Waals surface area contributed by atoms with E-state index in [4.69, 9.17) is 4.74 Å². The van der Waals surface area contributed by atoms with Crippen molar-refractivity contribution in [1.82, 2.24) is 10.2 Å². The van der Waals surface area contributed by atoms with Gasteiger partial charge in [-0.15, -0.1) is 0 Å². The molecule has 1 saturated heterocycles. The van der Waals surface area contributed by atoms with Crippen LogP contribution >= 0.6 is 0 Å². The zero-order valence-corrected chi connectivity index (χ0v) is 14.0. The number of carbonyl (C=O) groups is 1. The van der Waals surface area contributed by atoms with Crippen LogP contribution in [-0.4, -0.2) is 42.6 Å². The predicted octanol–water partition coefficient (Wildman–Crippen LogP) is 2.75. The Morgan fingerprint density at radius 1 is 1.32 bits per heavy atom. The van der Waals surface area contributed by atoms with E-state index in [1.165, 1.54) is 5.56 Å². The standard InChI is InChI=1S/C18H28N2O2/c1-4-13-20(16-9-11-19-12-10-16)18(21)15(3)22-17-7-5-14(2)6-8-17/h5-8,15-16,19H,4,9-13H2,1-3H3. The number of carbonyl (C=O) groups excluding carboxylic acids is 1. The number of aryl methyl sites for hydroxylation is 1. The van der Waals surface area contributed by atoms with Crippen LogP contribution in [-0.2, 0) is 4.79 Å². The third-order valence-corrected chi connectivity index (χ3v) is 4.18. The Morgan fingerprint density at radius 2 is 1.95 bits per heavy atom. The van der Waals surface area contributed by atoms with Crippen LogP contribution < -0.4 is 10.1 Å². The van der Waals surface area contributed by atoms with Crippen molar-refractivity contribution < 1.29 is 9.53 Å². The number of piperidine rings is 1. The molecule has 0 bridgehead atoms. The average Bonchev–Trinajstić information content (AvgIpc) is 2.55. The van der Waals surface area contributed by atoms with Gasteiger partial charge >= 0.3 is 0 Å². The lowest BCUT2D eigenvalue weighted by atomic mass is 10.0. The van der Waals surface area contributed by atoms with Crippen LogP contribution in [0.15, 0.2) is 24.3 Å². The predicted molar refractivity (Wildman–Crippen MR) is 89.2 cm³/mol. The minimum Gasteiger partial charge on any atom is -0.481 e. The number of nitrogens with one attached hydrogen (secondary N) is 1. The molecule has 1 aromatic carbocycles. The van der Waals surface area contributed by atoms with Gasteiger partial charge in [0.25, 0.3) is 5.91 Å². The number of rotatable bonds is 6. The molecule has 22 heavy (non-hydrogen) atoms. The maximum Gasteiger partial charge on any atom is 0.263 e. The second kappa shape index (κ2) is 8.18. The minimum atomic E-state index is -0.441. The Bertz CT molecular complexity index is 466. The van der Waals surface area contributed by atoms with Crippen LogP contribution in [0, 0.1) is 6.92 Å². The van der Waals surface area contributed by atoms with Crippen molar-refractivity contribution in [3.05, 3.63) is 29.8 Å². The van der Waals surface area contributed by atoms with Crippen molar-refractivity contribution in [2.75, 3.05) is 19.6 Å². The van der Waals surface area contributed by atoms with Gasteiger partial charge in [-0.2, -0.15) is 0 Å². The molecular weight excluding hydrogens is 276 g/mol. The Kier molecular flexibility index (Phi) is 6.25. The molecule has 1 fully saturated rings. The molecule has 0 radical (unpaired) electrons. The zero-order chi connectivity index (χ0) is 15.9. The van der Waals surface area contributed by atoms with Gasteiger partial charge in [-0.3, -0.25) is 4.79 Å². The van der Waals surface area contributed by atoms with Crippen molar-refractivity contribution in [2.45, 2.75) is 52.2 Å². The molecule has 1 atom stereocenters. The van der Waals surface area contributed by atoms with E-state index < -0.39 is 6.10 Å². The number of benzene rings is 1. The number of nitrogens with zero attached hydrogens (tertiary/aromatic N) is 1. The first kappa shape index (κ1) is 16.8. The summed E-state index contributed by atoms with van der Waals surface area (Å²) < 4.78 is 5.84. The van der Waals surface area contributed by atoms with Crippen molar-refractivity contribution in [3.8, 4) is 5.75 Å². The maximum atomic E-state index is 12.8. The van der Waals surface area contributed by atoms with E-state index in [0.717, 1.165) is 44.6 Å². The fourth-order valence-electron chi connectivity index (χ4n) is 2.94. The van der Waals surface area contributed by atoms with Crippen LogP contribution in [0.1, 0.15) is 38.7 Å². The lowest BCUT2D eigenvalue weighted by Gasteiger charge is -2.36. The average molecular weight is 304 g/mol. The first-order chi connectivity index (χ1) is 10.6. The molecule has 0 saturated carbocycles. The van der Waals surface area contributed by atoms with Gasteiger partial charge < -0.3 is 15.0 Å². The molecule has 1 aliphatic heterocycles. The molecule has 1 N–H and O–H groups in total. The van der Waals surface area contributed by atoms with E-state index in [1.54, 1.807) is 0 Å². The maximum absolute atomic E-state index is 12.8. The lowest BCUT2D eigenvalue weighted by molar-refractivity contribution is -0.141. The molecule has 122 valence electrons. The van der Waals surface area contributed by atoms with Gasteiger partial charge in [0, 0.05) is 12.6 Å². The van der Waals surface area contributed by atoms with E-state index in [9.17, 15) is 4.79 Å². The van der Waals surface area contributed by atoms with Gasteiger partial charge in [-0.05, 0) is 58.3 Å². The number of hydrogen-bond donors (Lipinski definition) is 1. The fraction of sp³-hybridized carbons (Fsp3) is 0.611. The zero-order valence-electron chi connectivity index (χ0n) is 14.0. The van der Waals surface area contributed by atoms with Crippen LogP contribution in [0.5, 0.6) is 5.75 Å². The van der Waals surface area contributed by atoms with Gasteiger partial charge in [0.1, 0.15) is 5.75 Å². The summed E-state index contributed by atoms with van der Waals surface area (Å²) in [4.78, 5) is 14.8. The van der Waals surface area contributed by atoms with Gasteiger partial charge in [-0.25, -0.2) is 0 Å². The van der Waals surface area contributed by atoms with E-state index in [2.05, 4.69) is 12.2 Å². The fourth-order valence-corrected chi connectivity index (χ4v) is 2.94. The van der Waals surface area contributed by atoms with Gasteiger partial charge in [0.2, 0.25) is 0 Å². The summed E-state index contributed by atoms with van der Waals surface area (Å²) in [5.41, 5.74) is 1.19. The summed E-state index contributed by atoms with van der Waals surface area (Å²) in [7, 11) is 0. The number of hydrogen-bond acceptors (Lipinski definition) is 3. The molecular formula is C18H28N2O2. The van der Waals surface area contributed by atoms with Gasteiger partial charge in [0.05, 0.1) is 0 Å². The molecule has 0 aromatic heterocycles. The second-order valence-corrected chi connectivity index (χ2v) is 6.09. The highest BCUT2D eigenvalue weighted by molar-refractivity contribution is 5.81. The summed E-state index contributed by atoms with van der Waals surface area (Å²) in [6.45, 7) is 8.80. The van der Waals surface area contributed by atoms with Crippen LogP contribution in [0.2, 0.25) is 0 Å². The van der Waals surface area contributed by atoms with E-state index in [-0.39, 0.29) is 5.91 Å². The van der Waals surface area contributed by atoms with Gasteiger partial charge in [0.15, 0.2) is 6.10 Å². The summed E-state index contributed by atoms with van der Waals surface area (Å²) in [6.07, 6.45) is 2.60. The number of amides is 1. The van der Waals surface area contributed by atoms with Crippen LogP contribution in [0.25, 0.3) is 0 Å². The van der Waals surface area contributed by atoms with Crippen LogP contribution in [0.3, 0.4) is 0 Å². The molecule has 0 aliphatic carbocycles. The quantitative estimate of drug-likeness (QED) is 0.878. The Hall–Kier alpha value is -1.55. The number of ether oxygens (including phenoxy) is 1. The van der Waals surface area contributed by atoms with Crippen molar-refractivity contribution in [2.24, 2.45) is 0 Å². The molecule has 1 aliphatic rings. The Morgan fingerprint density at radius 3 is 2.55 bits per heavy atom. The SMILES string of the molecule is CCCN(C(=O)C(C)Oc1ccc(C)cc1)C1CCNCC1. The summed E-state index contributed by atoms with van der Waals surface area (Å²) in [5.74, 6) is 0.863. The molecule has 4 heteroatoms. The van der Waals surface area contributed by atoms with E-state index in [0.29, 0.717) is 6.04 Å². The van der Waals surface area contributed by atoms with Crippen molar-refractivity contribution in [1.29, 1.82) is 0 Å². The van der Waals surface area contributed by atoms with E-state index in [1.807, 2.05) is 43.0 Å². The molecule has 1 heterocycles. The summed E-state index contributed by atoms with van der Waals surface area (Å²) in [5, 5.41) is 3.36. The first-order valence-electron chi connectivity index (χ1n) is 8.36. The monoisotopic (exact) mass is 304 g/mol. The van der Waals surface area contributed by atoms with E-state index >= 15 is 0 Å². The van der Waals surface area contributed by atoms with Gasteiger partial charge in [-0.1, -0.05) is 24.6 Å². The molecule has 1 aromatic rings. The highest BCUT2D eigenvalue weighted by Gasteiger charge is 2.28. The summed E-state index contributed by atoms with van der Waals surface area (Å²) in [6, 6.07) is 8.20. The molecule has 2 rings (SSSR count). The Labute approximate surface area is 133 Å². The largest absolute Gasteiger partial charge is 0.481 e. The molecule has 4 nitrogen and oxygen atoms in total. The molecule has 1 amide bonds. The third-order valence-electron chi connectivity index (χ3n) is 4.18. The molecule has 1 unspecified atom stereocenters. The highest BCUT2D eigenvalue weighted by atomic mass is 16.5. The lowest BCUT2D eigenvalue weighted by Crippen LogP contribution is -2.50. The molecule has 0 spiro atoms. The van der Waals surface area contributed by atoms with Crippen molar-refractivity contribution in [3.63, 3.8) is 0 Å². The van der Waals surface area contributed by atoms with Crippen molar-refractivity contribution >= 4 is 5.91 Å². The topological polar surface area (TPSA) is 41.6 Å². The normalized spacial score (nSPS) is 17.0. The smallest absolute Gasteiger partial charge is 0.263 e. The first-order valence-corrected chi connectivity index (χ1v) is 8.36.